The monoisotopic (exact) mass is 378 g/mol. The van der Waals surface area contributed by atoms with Gasteiger partial charge in [0.05, 0.1) is 10.7 Å². The van der Waals surface area contributed by atoms with Crippen LogP contribution in [0.3, 0.4) is 0 Å². The van der Waals surface area contributed by atoms with Crippen molar-refractivity contribution in [3.8, 4) is 0 Å². The number of rotatable bonds is 3. The summed E-state index contributed by atoms with van der Waals surface area (Å²) >= 11 is 8.99. The van der Waals surface area contributed by atoms with Gasteiger partial charge < -0.3 is 5.73 Å². The molecule has 0 aliphatic carbocycles. The van der Waals surface area contributed by atoms with Gasteiger partial charge in [0, 0.05) is 10.2 Å². The van der Waals surface area contributed by atoms with Crippen molar-refractivity contribution in [2.45, 2.75) is 4.90 Å². The third-order valence-electron chi connectivity index (χ3n) is 2.43. The Balaban J connectivity index is 2.40. The van der Waals surface area contributed by atoms with Crippen LogP contribution in [-0.4, -0.2) is 8.42 Å². The van der Waals surface area contributed by atoms with Crippen molar-refractivity contribution >= 4 is 48.9 Å². The van der Waals surface area contributed by atoms with Crippen molar-refractivity contribution in [1.29, 1.82) is 0 Å². The number of nitrogen functional groups attached to an aromatic ring is 1. The van der Waals surface area contributed by atoms with Gasteiger partial charge in [-0.3, -0.25) is 4.72 Å². The molecule has 0 atom stereocenters. The van der Waals surface area contributed by atoms with Crippen LogP contribution in [0.25, 0.3) is 0 Å². The van der Waals surface area contributed by atoms with Gasteiger partial charge in [-0.2, -0.15) is 0 Å². The SMILES string of the molecule is Nc1cc(NS(=O)(=O)c2cc(F)ccc2Cl)ccc1Br. The molecular weight excluding hydrogens is 371 g/mol. The number of nitrogens with one attached hydrogen (secondary N) is 1. The lowest BCUT2D eigenvalue weighted by Crippen LogP contribution is -2.14. The molecule has 0 aliphatic rings. The summed E-state index contributed by atoms with van der Waals surface area (Å²) in [5, 5.41) is -0.0658. The second kappa shape index (κ2) is 5.59. The molecule has 0 saturated heterocycles. The fourth-order valence-corrected chi connectivity index (χ4v) is 3.31. The third kappa shape index (κ3) is 3.23. The van der Waals surface area contributed by atoms with E-state index in [9.17, 15) is 12.8 Å². The van der Waals surface area contributed by atoms with E-state index in [0.717, 1.165) is 12.1 Å². The number of hydrogen-bond acceptors (Lipinski definition) is 3. The predicted molar refractivity (Wildman–Crippen MR) is 80.8 cm³/mol. The molecule has 20 heavy (non-hydrogen) atoms. The van der Waals surface area contributed by atoms with Crippen LogP contribution in [0.5, 0.6) is 0 Å². The first-order valence-corrected chi connectivity index (χ1v) is 7.98. The van der Waals surface area contributed by atoms with Gasteiger partial charge in [-0.15, -0.1) is 0 Å². The van der Waals surface area contributed by atoms with Gasteiger partial charge in [-0.1, -0.05) is 11.6 Å². The zero-order valence-corrected chi connectivity index (χ0v) is 13.1. The Hall–Kier alpha value is -1.31. The lowest BCUT2D eigenvalue weighted by molar-refractivity contribution is 0.595. The summed E-state index contributed by atoms with van der Waals surface area (Å²) < 4.78 is 40.4. The lowest BCUT2D eigenvalue weighted by atomic mass is 10.3. The molecule has 3 N–H and O–H groups in total. The number of sulfonamides is 1. The van der Waals surface area contributed by atoms with Gasteiger partial charge in [0.15, 0.2) is 0 Å². The van der Waals surface area contributed by atoms with Crippen molar-refractivity contribution in [3.63, 3.8) is 0 Å². The zero-order chi connectivity index (χ0) is 14.9. The fourth-order valence-electron chi connectivity index (χ4n) is 1.50. The number of nitrogens with two attached hydrogens (primary N) is 1. The van der Waals surface area contributed by atoms with Gasteiger partial charge in [0.2, 0.25) is 0 Å². The minimum absolute atomic E-state index is 0.0658. The van der Waals surface area contributed by atoms with Crippen LogP contribution in [0.2, 0.25) is 5.02 Å². The molecule has 0 bridgehead atoms. The number of hydrogen-bond donors (Lipinski definition) is 2. The van der Waals surface area contributed by atoms with E-state index >= 15 is 0 Å². The first kappa shape index (κ1) is 15.1. The molecule has 0 amide bonds. The highest BCUT2D eigenvalue weighted by Crippen LogP contribution is 2.27. The van der Waals surface area contributed by atoms with Crippen LogP contribution in [0.4, 0.5) is 15.8 Å². The molecule has 2 aromatic carbocycles. The first-order valence-electron chi connectivity index (χ1n) is 5.32. The molecule has 0 radical (unpaired) electrons. The van der Waals surface area contributed by atoms with Gasteiger partial charge in [0.25, 0.3) is 10.0 Å². The van der Waals surface area contributed by atoms with Crippen molar-refractivity contribution < 1.29 is 12.8 Å². The summed E-state index contributed by atoms with van der Waals surface area (Å²) in [5.74, 6) is -0.690. The quantitative estimate of drug-likeness (QED) is 0.800. The molecule has 0 heterocycles. The van der Waals surface area contributed by atoms with Gasteiger partial charge in [-0.25, -0.2) is 12.8 Å². The van der Waals surface area contributed by atoms with Gasteiger partial charge >= 0.3 is 0 Å². The highest BCUT2D eigenvalue weighted by atomic mass is 79.9. The molecule has 4 nitrogen and oxygen atoms in total. The van der Waals surface area contributed by atoms with E-state index in [0.29, 0.717) is 10.2 Å². The maximum atomic E-state index is 13.2. The van der Waals surface area contributed by atoms with E-state index in [4.69, 9.17) is 17.3 Å². The van der Waals surface area contributed by atoms with Gasteiger partial charge in [0.1, 0.15) is 10.7 Å². The Morgan fingerprint density at radius 3 is 2.55 bits per heavy atom. The Morgan fingerprint density at radius 2 is 1.90 bits per heavy atom. The topological polar surface area (TPSA) is 72.2 Å². The van der Waals surface area contributed by atoms with E-state index in [1.807, 2.05) is 0 Å². The summed E-state index contributed by atoms with van der Waals surface area (Å²) in [6, 6.07) is 7.67. The minimum Gasteiger partial charge on any atom is -0.398 e. The largest absolute Gasteiger partial charge is 0.398 e. The molecule has 2 aromatic rings. The van der Waals surface area contributed by atoms with E-state index in [1.54, 1.807) is 6.07 Å². The third-order valence-corrected chi connectivity index (χ3v) is 5.02. The van der Waals surface area contributed by atoms with Crippen LogP contribution in [0, 0.1) is 5.82 Å². The second-order valence-electron chi connectivity index (χ2n) is 3.92. The Labute approximate surface area is 128 Å². The smallest absolute Gasteiger partial charge is 0.263 e. The molecule has 0 fully saturated rings. The molecule has 0 spiro atoms. The first-order chi connectivity index (χ1) is 9.29. The van der Waals surface area contributed by atoms with Crippen LogP contribution in [0.1, 0.15) is 0 Å². The number of benzene rings is 2. The Bertz CT molecular complexity index is 768. The van der Waals surface area contributed by atoms with Crippen LogP contribution in [0.15, 0.2) is 45.8 Å². The molecule has 0 unspecified atom stereocenters. The van der Waals surface area contributed by atoms with Crippen molar-refractivity contribution in [2.24, 2.45) is 0 Å². The summed E-state index contributed by atoms with van der Waals surface area (Å²) in [6.07, 6.45) is 0. The molecule has 106 valence electrons. The van der Waals surface area contributed by atoms with E-state index in [1.165, 1.54) is 18.2 Å². The normalized spacial score (nSPS) is 11.3. The maximum absolute atomic E-state index is 13.2. The molecular formula is C12H9BrClFN2O2S. The molecule has 0 aliphatic heterocycles. The fraction of sp³-hybridized carbons (Fsp3) is 0. The average Bonchev–Trinajstić information content (AvgIpc) is 2.36. The van der Waals surface area contributed by atoms with Crippen molar-refractivity contribution in [1.82, 2.24) is 0 Å². The Morgan fingerprint density at radius 1 is 1.20 bits per heavy atom. The summed E-state index contributed by atoms with van der Waals surface area (Å²) in [7, 11) is -3.99. The van der Waals surface area contributed by atoms with E-state index in [2.05, 4.69) is 20.7 Å². The molecule has 8 heteroatoms. The molecule has 0 aromatic heterocycles. The van der Waals surface area contributed by atoms with Crippen LogP contribution in [-0.2, 0) is 10.0 Å². The molecule has 0 saturated carbocycles. The zero-order valence-electron chi connectivity index (χ0n) is 9.90. The highest BCUT2D eigenvalue weighted by molar-refractivity contribution is 9.10. The van der Waals surface area contributed by atoms with E-state index < -0.39 is 15.8 Å². The summed E-state index contributed by atoms with van der Waals surface area (Å²) in [5.41, 5.74) is 6.29. The van der Waals surface area contributed by atoms with Crippen molar-refractivity contribution in [3.05, 3.63) is 51.7 Å². The van der Waals surface area contributed by atoms with Gasteiger partial charge in [-0.05, 0) is 52.3 Å². The Kier molecular flexibility index (Phi) is 4.22. The van der Waals surface area contributed by atoms with E-state index in [-0.39, 0.29) is 15.6 Å². The number of halogens is 3. The lowest BCUT2D eigenvalue weighted by Gasteiger charge is -2.10. The number of anilines is 2. The molecule has 2 rings (SSSR count). The highest BCUT2D eigenvalue weighted by Gasteiger charge is 2.19. The predicted octanol–water partition coefficient (Wildman–Crippen LogP) is 3.62. The second-order valence-corrected chi connectivity index (χ2v) is 6.83. The van der Waals surface area contributed by atoms with Crippen molar-refractivity contribution in [2.75, 3.05) is 10.5 Å². The summed E-state index contributed by atoms with van der Waals surface area (Å²) in [4.78, 5) is -0.333. The minimum atomic E-state index is -3.99. The average molecular weight is 380 g/mol. The van der Waals surface area contributed by atoms with Crippen LogP contribution >= 0.6 is 27.5 Å². The maximum Gasteiger partial charge on any atom is 0.263 e. The standard InChI is InChI=1S/C12H9BrClFN2O2S/c13-9-3-2-8(6-11(9)16)17-20(18,19)12-5-7(15)1-4-10(12)14/h1-6,17H,16H2. The summed E-state index contributed by atoms with van der Waals surface area (Å²) in [6.45, 7) is 0. The van der Waals surface area contributed by atoms with Crippen LogP contribution < -0.4 is 10.5 Å².